The highest BCUT2D eigenvalue weighted by Gasteiger charge is 2.30. The number of nitrogens with zero attached hydrogens (tertiary/aromatic N) is 6. The molecule has 0 spiro atoms. The van der Waals surface area contributed by atoms with Gasteiger partial charge in [0.25, 0.3) is 0 Å². The van der Waals surface area contributed by atoms with Crippen LogP contribution in [0.2, 0.25) is 5.02 Å². The molecule has 0 unspecified atom stereocenters. The Morgan fingerprint density at radius 3 is 2.61 bits per heavy atom. The maximum absolute atomic E-state index is 14.0. The molecule has 210 valence electrons. The number of hydrogen-bond acceptors (Lipinski definition) is 6. The third kappa shape index (κ3) is 5.15. The Hall–Kier alpha value is -4.30. The van der Waals surface area contributed by atoms with Crippen LogP contribution in [0.15, 0.2) is 66.6 Å². The number of fused-ring (bicyclic) bond motifs is 1. The van der Waals surface area contributed by atoms with E-state index in [4.69, 9.17) is 16.6 Å². The number of pyridine rings is 2. The van der Waals surface area contributed by atoms with Gasteiger partial charge in [0.1, 0.15) is 5.82 Å². The van der Waals surface area contributed by atoms with Crippen molar-refractivity contribution >= 4 is 40.4 Å². The number of benzene rings is 1. The molecule has 0 aliphatic carbocycles. The average Bonchev–Trinajstić information content (AvgIpc) is 2.96. The average molecular weight is 569 g/mol. The number of halogens is 1. The standard InChI is InChI=1S/C32H33ClN6O2/c1-7-22-10-9-11-23(16-22)28-25(33)17-24-30(38-15-14-37(18-21(38)6)26(40)8-2)36-32(41)39(31(24)35-28)29-20(5)12-13-34-27(29)19(3)4/h7-13,16-17,19,21H,1-2,14-15,18H2,3-6H3/t21-/m0/s1. The molecule has 1 amide bonds. The van der Waals surface area contributed by atoms with Gasteiger partial charge in [-0.15, -0.1) is 0 Å². The number of piperazine rings is 1. The highest BCUT2D eigenvalue weighted by atomic mass is 35.5. The largest absolute Gasteiger partial charge is 0.355 e. The number of aryl methyl sites for hydroxylation is 1. The van der Waals surface area contributed by atoms with Crippen LogP contribution in [-0.2, 0) is 4.79 Å². The normalized spacial score (nSPS) is 15.4. The van der Waals surface area contributed by atoms with E-state index in [-0.39, 0.29) is 17.9 Å². The molecule has 0 saturated carbocycles. The highest BCUT2D eigenvalue weighted by molar-refractivity contribution is 6.33. The van der Waals surface area contributed by atoms with Crippen LogP contribution in [0.1, 0.15) is 43.5 Å². The number of anilines is 1. The summed E-state index contributed by atoms with van der Waals surface area (Å²) in [4.78, 5) is 44.4. The minimum absolute atomic E-state index is 0.0538. The van der Waals surface area contributed by atoms with Crippen molar-refractivity contribution < 1.29 is 4.79 Å². The number of amides is 1. The lowest BCUT2D eigenvalue weighted by Crippen LogP contribution is -2.54. The van der Waals surface area contributed by atoms with E-state index in [0.717, 1.165) is 22.4 Å². The zero-order chi connectivity index (χ0) is 29.4. The van der Waals surface area contributed by atoms with Crippen LogP contribution in [0.3, 0.4) is 0 Å². The molecule has 1 aromatic carbocycles. The number of carbonyl (C=O) groups excluding carboxylic acids is 1. The van der Waals surface area contributed by atoms with Crippen molar-refractivity contribution in [2.24, 2.45) is 0 Å². The number of rotatable bonds is 6. The van der Waals surface area contributed by atoms with Crippen molar-refractivity contribution in [3.63, 3.8) is 0 Å². The van der Waals surface area contributed by atoms with Gasteiger partial charge in [0.2, 0.25) is 5.91 Å². The highest BCUT2D eigenvalue weighted by Crippen LogP contribution is 2.35. The van der Waals surface area contributed by atoms with Crippen LogP contribution < -0.4 is 10.6 Å². The van der Waals surface area contributed by atoms with Crippen LogP contribution in [0.5, 0.6) is 0 Å². The molecule has 1 aliphatic rings. The first kappa shape index (κ1) is 28.2. The van der Waals surface area contributed by atoms with Gasteiger partial charge in [-0.2, -0.15) is 4.98 Å². The van der Waals surface area contributed by atoms with Gasteiger partial charge >= 0.3 is 5.69 Å². The maximum Gasteiger partial charge on any atom is 0.355 e. The molecule has 0 bridgehead atoms. The van der Waals surface area contributed by atoms with E-state index in [1.165, 1.54) is 6.08 Å². The molecule has 4 heterocycles. The van der Waals surface area contributed by atoms with E-state index in [1.807, 2.05) is 64.1 Å². The summed E-state index contributed by atoms with van der Waals surface area (Å²) in [7, 11) is 0. The van der Waals surface area contributed by atoms with Gasteiger partial charge in [0.15, 0.2) is 5.65 Å². The Labute approximate surface area is 244 Å². The van der Waals surface area contributed by atoms with E-state index in [9.17, 15) is 9.59 Å². The maximum atomic E-state index is 14.0. The SMILES string of the molecule is C=CC(=O)N1CCN(c2nc(=O)n(-c3c(C)ccnc3C(C)C)c3nc(-c4cccc(C=C)c4)c(Cl)cc23)[C@@H](C)C1. The molecule has 1 aliphatic heterocycles. The number of aromatic nitrogens is 4. The van der Waals surface area contributed by atoms with E-state index in [0.29, 0.717) is 52.9 Å². The molecule has 8 nitrogen and oxygen atoms in total. The Morgan fingerprint density at radius 2 is 1.93 bits per heavy atom. The molecule has 1 atom stereocenters. The van der Waals surface area contributed by atoms with Gasteiger partial charge in [-0.1, -0.05) is 62.9 Å². The monoisotopic (exact) mass is 568 g/mol. The first-order valence-corrected chi connectivity index (χ1v) is 14.0. The predicted molar refractivity (Wildman–Crippen MR) is 166 cm³/mol. The Kier molecular flexibility index (Phi) is 7.78. The number of carbonyl (C=O) groups is 1. The summed E-state index contributed by atoms with van der Waals surface area (Å²) in [5, 5.41) is 1.08. The van der Waals surface area contributed by atoms with E-state index in [1.54, 1.807) is 21.7 Å². The van der Waals surface area contributed by atoms with Crippen molar-refractivity contribution in [1.29, 1.82) is 0 Å². The second-order valence-corrected chi connectivity index (χ2v) is 11.0. The van der Waals surface area contributed by atoms with Crippen LogP contribution in [0, 0.1) is 6.92 Å². The Bertz CT molecular complexity index is 1740. The van der Waals surface area contributed by atoms with Gasteiger partial charge in [-0.25, -0.2) is 14.3 Å². The number of hydrogen-bond donors (Lipinski definition) is 0. The molecule has 0 radical (unpaired) electrons. The molecular weight excluding hydrogens is 536 g/mol. The summed E-state index contributed by atoms with van der Waals surface area (Å²) in [6, 6.07) is 11.4. The van der Waals surface area contributed by atoms with Crippen molar-refractivity contribution in [2.45, 2.75) is 39.7 Å². The van der Waals surface area contributed by atoms with Crippen LogP contribution in [0.4, 0.5) is 5.82 Å². The second kappa shape index (κ2) is 11.3. The zero-order valence-corrected chi connectivity index (χ0v) is 24.5. The molecular formula is C32H33ClN6O2. The van der Waals surface area contributed by atoms with Gasteiger partial charge in [0.05, 0.1) is 27.5 Å². The molecule has 0 N–H and O–H groups in total. The van der Waals surface area contributed by atoms with E-state index < -0.39 is 5.69 Å². The Balaban J connectivity index is 1.81. The fraction of sp³-hybridized carbons (Fsp3) is 0.281. The topological polar surface area (TPSA) is 84.2 Å². The second-order valence-electron chi connectivity index (χ2n) is 10.6. The van der Waals surface area contributed by atoms with Gasteiger partial charge in [0, 0.05) is 37.4 Å². The first-order valence-electron chi connectivity index (χ1n) is 13.6. The third-order valence-electron chi connectivity index (χ3n) is 7.51. The van der Waals surface area contributed by atoms with Crippen LogP contribution in [-0.4, -0.2) is 56.0 Å². The fourth-order valence-corrected chi connectivity index (χ4v) is 5.69. The smallest absolute Gasteiger partial charge is 0.350 e. The summed E-state index contributed by atoms with van der Waals surface area (Å²) in [6.07, 6.45) is 4.85. The van der Waals surface area contributed by atoms with Gasteiger partial charge in [-0.3, -0.25) is 9.78 Å². The fourth-order valence-electron chi connectivity index (χ4n) is 5.43. The summed E-state index contributed by atoms with van der Waals surface area (Å²) in [6.45, 7) is 17.0. The summed E-state index contributed by atoms with van der Waals surface area (Å²) in [5.74, 6) is 0.431. The molecule has 5 rings (SSSR count). The van der Waals surface area contributed by atoms with Gasteiger partial charge in [-0.05, 0) is 55.2 Å². The molecule has 41 heavy (non-hydrogen) atoms. The van der Waals surface area contributed by atoms with Crippen molar-refractivity contribution in [2.75, 3.05) is 24.5 Å². The predicted octanol–water partition coefficient (Wildman–Crippen LogP) is 5.79. The lowest BCUT2D eigenvalue weighted by Gasteiger charge is -2.40. The van der Waals surface area contributed by atoms with E-state index in [2.05, 4.69) is 28.0 Å². The first-order chi connectivity index (χ1) is 19.6. The lowest BCUT2D eigenvalue weighted by molar-refractivity contribution is -0.126. The van der Waals surface area contributed by atoms with Crippen molar-refractivity contribution in [3.05, 3.63) is 94.2 Å². The van der Waals surface area contributed by atoms with Gasteiger partial charge < -0.3 is 9.80 Å². The summed E-state index contributed by atoms with van der Waals surface area (Å²) in [5.41, 5.74) is 4.61. The minimum atomic E-state index is -0.456. The summed E-state index contributed by atoms with van der Waals surface area (Å²) < 4.78 is 1.57. The quantitative estimate of drug-likeness (QED) is 0.274. The van der Waals surface area contributed by atoms with Crippen molar-refractivity contribution in [3.8, 4) is 16.9 Å². The minimum Gasteiger partial charge on any atom is -0.350 e. The lowest BCUT2D eigenvalue weighted by atomic mass is 10.0. The van der Waals surface area contributed by atoms with Crippen LogP contribution in [0.25, 0.3) is 34.1 Å². The third-order valence-corrected chi connectivity index (χ3v) is 7.80. The molecule has 9 heteroatoms. The molecule has 3 aromatic heterocycles. The molecule has 1 fully saturated rings. The van der Waals surface area contributed by atoms with Crippen molar-refractivity contribution in [1.82, 2.24) is 24.4 Å². The molecule has 4 aromatic rings. The Morgan fingerprint density at radius 1 is 1.15 bits per heavy atom. The van der Waals surface area contributed by atoms with E-state index >= 15 is 0 Å². The molecule has 1 saturated heterocycles. The summed E-state index contributed by atoms with van der Waals surface area (Å²) >= 11 is 6.92. The van der Waals surface area contributed by atoms with Crippen LogP contribution >= 0.6 is 11.6 Å². The zero-order valence-electron chi connectivity index (χ0n) is 23.8.